The molecule has 8 heteroatoms. The number of alkyl halides is 3. The van der Waals surface area contributed by atoms with Gasteiger partial charge in [0.15, 0.2) is 11.5 Å². The number of aryl methyl sites for hydroxylation is 1. The predicted octanol–water partition coefficient (Wildman–Crippen LogP) is 2.81. The third kappa shape index (κ3) is 2.89. The van der Waals surface area contributed by atoms with Gasteiger partial charge >= 0.3 is 6.18 Å². The van der Waals surface area contributed by atoms with Gasteiger partial charge < -0.3 is 9.88 Å². The lowest BCUT2D eigenvalue weighted by Gasteiger charge is -2.11. The van der Waals surface area contributed by atoms with Crippen LogP contribution < -0.4 is 5.32 Å². The second-order valence-corrected chi connectivity index (χ2v) is 4.03. The molecule has 1 N–H and O–H groups in total. The zero-order valence-electron chi connectivity index (χ0n) is 11.1. The largest absolute Gasteiger partial charge is 0.433 e. The van der Waals surface area contributed by atoms with Crippen molar-refractivity contribution in [2.45, 2.75) is 26.6 Å². The van der Waals surface area contributed by atoms with E-state index >= 15 is 0 Å². The fraction of sp³-hybridized carbons (Fsp3) is 0.417. The highest BCUT2D eigenvalue weighted by atomic mass is 19.4. The molecule has 0 aliphatic heterocycles. The Balaban J connectivity index is 2.55. The molecule has 0 aliphatic rings. The Morgan fingerprint density at radius 3 is 2.60 bits per heavy atom. The number of nitrogens with zero attached hydrogens (tertiary/aromatic N) is 4. The van der Waals surface area contributed by atoms with E-state index in [0.29, 0.717) is 18.9 Å². The molecule has 0 fully saturated rings. The van der Waals surface area contributed by atoms with E-state index in [1.165, 1.54) is 6.20 Å². The van der Waals surface area contributed by atoms with Crippen LogP contribution >= 0.6 is 0 Å². The summed E-state index contributed by atoms with van der Waals surface area (Å²) in [6.45, 7) is 4.67. The highest BCUT2D eigenvalue weighted by Crippen LogP contribution is 2.30. The van der Waals surface area contributed by atoms with Crippen molar-refractivity contribution in [2.75, 3.05) is 11.9 Å². The van der Waals surface area contributed by atoms with Gasteiger partial charge in [-0.25, -0.2) is 15.0 Å². The monoisotopic (exact) mass is 285 g/mol. The summed E-state index contributed by atoms with van der Waals surface area (Å²) in [5.74, 6) is 0.336. The molecule has 2 heterocycles. The maximum Gasteiger partial charge on any atom is 0.433 e. The molecule has 2 rings (SSSR count). The quantitative estimate of drug-likeness (QED) is 0.938. The Morgan fingerprint density at radius 2 is 2.00 bits per heavy atom. The van der Waals surface area contributed by atoms with Crippen LogP contribution in [-0.4, -0.2) is 26.1 Å². The molecule has 0 saturated heterocycles. The average Bonchev–Trinajstić information content (AvgIpc) is 2.86. The first-order valence-corrected chi connectivity index (χ1v) is 6.17. The number of nitrogens with one attached hydrogen (secondary N) is 1. The van der Waals surface area contributed by atoms with Gasteiger partial charge in [-0.1, -0.05) is 0 Å². The Kier molecular flexibility index (Phi) is 3.91. The number of hydrogen-bond donors (Lipinski definition) is 1. The number of hydrogen-bond acceptors (Lipinski definition) is 4. The second-order valence-electron chi connectivity index (χ2n) is 4.03. The maximum absolute atomic E-state index is 12.9. The third-order valence-corrected chi connectivity index (χ3v) is 2.64. The molecule has 5 nitrogen and oxygen atoms in total. The van der Waals surface area contributed by atoms with Gasteiger partial charge in [0, 0.05) is 25.5 Å². The van der Waals surface area contributed by atoms with Gasteiger partial charge in [-0.3, -0.25) is 0 Å². The van der Waals surface area contributed by atoms with E-state index < -0.39 is 11.9 Å². The van der Waals surface area contributed by atoms with Gasteiger partial charge in [0.2, 0.25) is 5.95 Å². The molecule has 0 unspecified atom stereocenters. The maximum atomic E-state index is 12.9. The van der Waals surface area contributed by atoms with Crippen molar-refractivity contribution in [1.29, 1.82) is 0 Å². The van der Waals surface area contributed by atoms with Crippen LogP contribution in [0.5, 0.6) is 0 Å². The van der Waals surface area contributed by atoms with Crippen LogP contribution in [0, 0.1) is 0 Å². The van der Waals surface area contributed by atoms with E-state index in [4.69, 9.17) is 0 Å². The van der Waals surface area contributed by atoms with E-state index in [9.17, 15) is 13.2 Å². The minimum absolute atomic E-state index is 0.0528. The van der Waals surface area contributed by atoms with Crippen molar-refractivity contribution in [2.24, 2.45) is 0 Å². The fourth-order valence-electron chi connectivity index (χ4n) is 1.74. The van der Waals surface area contributed by atoms with Gasteiger partial charge in [-0.2, -0.15) is 13.2 Å². The third-order valence-electron chi connectivity index (χ3n) is 2.64. The highest BCUT2D eigenvalue weighted by Gasteiger charge is 2.34. The SMILES string of the molecule is CCNc1nc(-c2nccn2CC)cc(C(F)(F)F)n1. The molecule has 0 aromatic carbocycles. The Labute approximate surface area is 113 Å². The summed E-state index contributed by atoms with van der Waals surface area (Å²) in [7, 11) is 0. The molecule has 0 spiro atoms. The van der Waals surface area contributed by atoms with Crippen molar-refractivity contribution >= 4 is 5.95 Å². The zero-order chi connectivity index (χ0) is 14.8. The van der Waals surface area contributed by atoms with Crippen molar-refractivity contribution in [1.82, 2.24) is 19.5 Å². The number of halogens is 3. The normalized spacial score (nSPS) is 11.7. The van der Waals surface area contributed by atoms with Gasteiger partial charge in [-0.05, 0) is 19.9 Å². The number of anilines is 1. The first-order valence-electron chi connectivity index (χ1n) is 6.17. The molecule has 20 heavy (non-hydrogen) atoms. The summed E-state index contributed by atoms with van der Waals surface area (Å²) in [6.07, 6.45) is -1.30. The van der Waals surface area contributed by atoms with Crippen LogP contribution in [0.3, 0.4) is 0 Å². The summed E-state index contributed by atoms with van der Waals surface area (Å²) in [5.41, 5.74) is -0.834. The lowest BCUT2D eigenvalue weighted by molar-refractivity contribution is -0.141. The summed E-state index contributed by atoms with van der Waals surface area (Å²) >= 11 is 0. The minimum Gasteiger partial charge on any atom is -0.354 e. The van der Waals surface area contributed by atoms with Crippen LogP contribution in [0.1, 0.15) is 19.5 Å². The molecule has 2 aromatic rings. The lowest BCUT2D eigenvalue weighted by atomic mass is 10.3. The van der Waals surface area contributed by atoms with Crippen LogP contribution in [0.25, 0.3) is 11.5 Å². The molecule has 0 amide bonds. The molecule has 0 aliphatic carbocycles. The zero-order valence-corrected chi connectivity index (χ0v) is 11.1. The van der Waals surface area contributed by atoms with Gasteiger partial charge in [0.25, 0.3) is 0 Å². The van der Waals surface area contributed by atoms with Crippen LogP contribution in [0.2, 0.25) is 0 Å². The Bertz CT molecular complexity index is 591. The fourth-order valence-corrected chi connectivity index (χ4v) is 1.74. The summed E-state index contributed by atoms with van der Waals surface area (Å²) in [5, 5.41) is 2.70. The Morgan fingerprint density at radius 1 is 1.25 bits per heavy atom. The van der Waals surface area contributed by atoms with Crippen LogP contribution in [0.15, 0.2) is 18.5 Å². The molecule has 0 saturated carbocycles. The smallest absolute Gasteiger partial charge is 0.354 e. The minimum atomic E-state index is -4.52. The van der Waals surface area contributed by atoms with Gasteiger partial charge in [0.1, 0.15) is 5.69 Å². The van der Waals surface area contributed by atoms with Crippen molar-refractivity contribution in [3.05, 3.63) is 24.2 Å². The summed E-state index contributed by atoms with van der Waals surface area (Å²) in [6, 6.07) is 0.912. The topological polar surface area (TPSA) is 55.6 Å². The molecule has 2 aromatic heterocycles. The highest BCUT2D eigenvalue weighted by molar-refractivity contribution is 5.53. The molecule has 0 radical (unpaired) electrons. The van der Waals surface area contributed by atoms with E-state index in [0.717, 1.165) is 6.07 Å². The molecular weight excluding hydrogens is 271 g/mol. The standard InChI is InChI=1S/C12H14F3N5/c1-3-16-11-18-8(7-9(19-11)12(13,14)15)10-17-5-6-20(10)4-2/h5-7H,3-4H2,1-2H3,(H,16,18,19). The summed E-state index contributed by atoms with van der Waals surface area (Å²) < 4.78 is 40.3. The van der Waals surface area contributed by atoms with E-state index in [-0.39, 0.29) is 11.6 Å². The number of rotatable bonds is 4. The van der Waals surface area contributed by atoms with Crippen molar-refractivity contribution < 1.29 is 13.2 Å². The van der Waals surface area contributed by atoms with Crippen LogP contribution in [0.4, 0.5) is 19.1 Å². The summed E-state index contributed by atoms with van der Waals surface area (Å²) in [4.78, 5) is 11.6. The Hall–Kier alpha value is -2.12. The van der Waals surface area contributed by atoms with Crippen LogP contribution in [-0.2, 0) is 12.7 Å². The van der Waals surface area contributed by atoms with E-state index in [1.54, 1.807) is 17.7 Å². The average molecular weight is 285 g/mol. The van der Waals surface area contributed by atoms with Gasteiger partial charge in [0.05, 0.1) is 0 Å². The van der Waals surface area contributed by atoms with E-state index in [2.05, 4.69) is 20.3 Å². The number of aromatic nitrogens is 4. The molecule has 0 bridgehead atoms. The molecule has 0 atom stereocenters. The first kappa shape index (κ1) is 14.3. The van der Waals surface area contributed by atoms with E-state index in [1.807, 2.05) is 6.92 Å². The molecular formula is C12H14F3N5. The predicted molar refractivity (Wildman–Crippen MR) is 68.1 cm³/mol. The lowest BCUT2D eigenvalue weighted by Crippen LogP contribution is -2.13. The second kappa shape index (κ2) is 5.48. The number of imidazole rings is 1. The van der Waals surface area contributed by atoms with Gasteiger partial charge in [-0.15, -0.1) is 0 Å². The first-order chi connectivity index (χ1) is 9.45. The van der Waals surface area contributed by atoms with Crippen molar-refractivity contribution in [3.63, 3.8) is 0 Å². The van der Waals surface area contributed by atoms with Crippen molar-refractivity contribution in [3.8, 4) is 11.5 Å². The molecule has 108 valence electrons.